The lowest BCUT2D eigenvalue weighted by molar-refractivity contribution is -0.177. The first kappa shape index (κ1) is 28.1. The number of rotatable bonds is 7. The molecule has 2 aliphatic heterocycles. The van der Waals surface area contributed by atoms with E-state index in [1.54, 1.807) is 0 Å². The van der Waals surface area contributed by atoms with Crippen molar-refractivity contribution in [1.29, 1.82) is 0 Å². The Hall–Kier alpha value is -0.483. The molecule has 3 rings (SSSR count). The van der Waals surface area contributed by atoms with E-state index in [1.165, 1.54) is 0 Å². The molecular formula is C25H47NO6SSi. The molecule has 2 heterocycles. The molecule has 0 aromatic rings. The lowest BCUT2D eigenvalue weighted by Crippen LogP contribution is -2.66. The van der Waals surface area contributed by atoms with Gasteiger partial charge in [-0.1, -0.05) is 27.7 Å². The van der Waals surface area contributed by atoms with Crippen LogP contribution in [0, 0.1) is 17.3 Å². The first-order chi connectivity index (χ1) is 15.6. The number of carbonyl (C=O) groups excluding carboxylic acids is 1. The Morgan fingerprint density at radius 1 is 1.18 bits per heavy atom. The predicted molar refractivity (Wildman–Crippen MR) is 137 cm³/mol. The molecule has 0 aromatic carbocycles. The van der Waals surface area contributed by atoms with E-state index in [0.29, 0.717) is 13.0 Å². The second-order valence-electron chi connectivity index (χ2n) is 12.4. The van der Waals surface area contributed by atoms with Crippen molar-refractivity contribution in [1.82, 2.24) is 4.90 Å². The fourth-order valence-corrected chi connectivity index (χ4v) is 8.77. The summed E-state index contributed by atoms with van der Waals surface area (Å²) in [7, 11) is -5.81. The van der Waals surface area contributed by atoms with Crippen LogP contribution in [0.4, 0.5) is 0 Å². The summed E-state index contributed by atoms with van der Waals surface area (Å²) in [4.78, 5) is 15.5. The van der Waals surface area contributed by atoms with Crippen molar-refractivity contribution in [3.8, 4) is 0 Å². The van der Waals surface area contributed by atoms with Crippen LogP contribution in [-0.2, 0) is 28.3 Å². The van der Waals surface area contributed by atoms with Crippen LogP contribution in [0.25, 0.3) is 0 Å². The molecule has 0 radical (unpaired) electrons. The van der Waals surface area contributed by atoms with E-state index in [-0.39, 0.29) is 41.4 Å². The van der Waals surface area contributed by atoms with Crippen LogP contribution in [0.5, 0.6) is 0 Å². The number of carbonyl (C=O) groups is 1. The molecule has 6 atom stereocenters. The fourth-order valence-electron chi connectivity index (χ4n) is 6.66. The molecule has 7 nitrogen and oxygen atoms in total. The van der Waals surface area contributed by atoms with E-state index in [1.807, 2.05) is 6.92 Å². The number of ether oxygens (including phenoxy) is 1. The van der Waals surface area contributed by atoms with E-state index in [4.69, 9.17) is 13.3 Å². The topological polar surface area (TPSA) is 82.1 Å². The number of hydrogen-bond acceptors (Lipinski definition) is 7. The number of hydrogen-bond donors (Lipinski definition) is 0. The van der Waals surface area contributed by atoms with E-state index in [9.17, 15) is 13.2 Å². The van der Waals surface area contributed by atoms with Gasteiger partial charge in [-0.25, -0.2) is 0 Å². The van der Waals surface area contributed by atoms with Gasteiger partial charge >= 0.3 is 5.97 Å². The zero-order valence-corrected chi connectivity index (χ0v) is 24.4. The minimum absolute atomic E-state index is 0.0282. The van der Waals surface area contributed by atoms with Crippen molar-refractivity contribution in [2.45, 2.75) is 110 Å². The summed E-state index contributed by atoms with van der Waals surface area (Å²) < 4.78 is 43.4. The number of piperidine rings is 1. The summed E-state index contributed by atoms with van der Waals surface area (Å²) in [6.45, 7) is 17.6. The smallest absolute Gasteiger partial charge is 0.306 e. The lowest BCUT2D eigenvalue weighted by Gasteiger charge is -2.61. The first-order valence-electron chi connectivity index (χ1n) is 13.1. The molecule has 2 saturated heterocycles. The fraction of sp³-hybridized carbons (Fsp3) is 0.960. The van der Waals surface area contributed by atoms with Gasteiger partial charge in [-0.05, 0) is 76.2 Å². The van der Waals surface area contributed by atoms with Gasteiger partial charge in [-0.3, -0.25) is 13.9 Å². The van der Waals surface area contributed by atoms with Crippen molar-refractivity contribution in [2.75, 3.05) is 26.0 Å². The molecule has 198 valence electrons. The molecule has 0 amide bonds. The third-order valence-electron chi connectivity index (χ3n) is 9.09. The van der Waals surface area contributed by atoms with Gasteiger partial charge in [0.05, 0.1) is 31.5 Å². The molecule has 0 unspecified atom stereocenters. The van der Waals surface area contributed by atoms with Crippen LogP contribution in [-0.4, -0.2) is 71.8 Å². The maximum Gasteiger partial charge on any atom is 0.306 e. The lowest BCUT2D eigenvalue weighted by atomic mass is 9.53. The Bertz CT molecular complexity index is 841. The molecule has 1 aliphatic carbocycles. The minimum atomic E-state index is -3.66. The molecule has 1 saturated carbocycles. The highest BCUT2D eigenvalue weighted by Crippen LogP contribution is 2.58. The standard InChI is InChI=1S/C25H47NO6SSi/c1-9-30-22(27)17-19-23(32-34(7,8)24(3,4)5)18(2)16-21(31-33(6,28)29)25(19)13-11-15-26-14-10-12-20(25)26/h18-21,23H,9-17H2,1-8H3/t18-,19+,20+,21+,23-,25-/m0/s1. The number of esters is 1. The van der Waals surface area contributed by atoms with Crippen LogP contribution in [0.15, 0.2) is 0 Å². The van der Waals surface area contributed by atoms with Crippen LogP contribution in [0.3, 0.4) is 0 Å². The largest absolute Gasteiger partial charge is 0.466 e. The Morgan fingerprint density at radius 3 is 2.41 bits per heavy atom. The van der Waals surface area contributed by atoms with Gasteiger partial charge in [0.1, 0.15) is 0 Å². The Balaban J connectivity index is 2.13. The first-order valence-corrected chi connectivity index (χ1v) is 17.8. The molecule has 3 aliphatic rings. The molecule has 0 aromatic heterocycles. The van der Waals surface area contributed by atoms with Gasteiger partial charge in [0, 0.05) is 17.4 Å². The van der Waals surface area contributed by atoms with Crippen LogP contribution < -0.4 is 0 Å². The highest BCUT2D eigenvalue weighted by atomic mass is 32.2. The van der Waals surface area contributed by atoms with Gasteiger partial charge in [-0.2, -0.15) is 8.42 Å². The summed E-state index contributed by atoms with van der Waals surface area (Å²) in [6, 6.07) is 0.199. The molecule has 34 heavy (non-hydrogen) atoms. The SMILES string of the molecule is CCOC(=O)C[C@@H]1[C@@H](O[Si](C)(C)C(C)(C)C)[C@@H](C)C[C@@H](OS(C)(=O)=O)[C@@]12CCCN1CCC[C@@H]12. The average Bonchev–Trinajstić information content (AvgIpc) is 3.16. The van der Waals surface area contributed by atoms with E-state index < -0.39 is 30.0 Å². The van der Waals surface area contributed by atoms with E-state index in [2.05, 4.69) is 45.7 Å². The summed E-state index contributed by atoms with van der Waals surface area (Å²) >= 11 is 0. The highest BCUT2D eigenvalue weighted by molar-refractivity contribution is 7.86. The monoisotopic (exact) mass is 517 g/mol. The van der Waals surface area contributed by atoms with Crippen molar-refractivity contribution < 1.29 is 26.6 Å². The van der Waals surface area contributed by atoms with E-state index >= 15 is 0 Å². The van der Waals surface area contributed by atoms with Crippen LogP contribution in [0.1, 0.15) is 73.1 Å². The van der Waals surface area contributed by atoms with E-state index in [0.717, 1.165) is 45.0 Å². The third-order valence-corrected chi connectivity index (χ3v) is 14.1. The second-order valence-corrected chi connectivity index (χ2v) is 18.7. The molecule has 1 spiro atoms. The molecular weight excluding hydrogens is 470 g/mol. The van der Waals surface area contributed by atoms with Crippen molar-refractivity contribution in [3.63, 3.8) is 0 Å². The normalized spacial score (nSPS) is 35.4. The zero-order chi connectivity index (χ0) is 25.5. The molecule has 9 heteroatoms. The zero-order valence-electron chi connectivity index (χ0n) is 22.6. The van der Waals surface area contributed by atoms with Gasteiger partial charge in [0.15, 0.2) is 8.32 Å². The maximum absolute atomic E-state index is 13.0. The number of nitrogens with zero attached hydrogens (tertiary/aromatic N) is 1. The predicted octanol–water partition coefficient (Wildman–Crippen LogP) is 4.58. The quantitative estimate of drug-likeness (QED) is 0.278. The maximum atomic E-state index is 13.0. The molecule has 0 N–H and O–H groups in total. The van der Waals surface area contributed by atoms with Crippen molar-refractivity contribution in [2.24, 2.45) is 17.3 Å². The summed E-state index contributed by atoms with van der Waals surface area (Å²) in [5.41, 5.74) is -0.454. The second kappa shape index (κ2) is 10.1. The third kappa shape index (κ3) is 5.58. The number of fused-ring (bicyclic) bond motifs is 2. The van der Waals surface area contributed by atoms with Crippen LogP contribution in [0.2, 0.25) is 18.1 Å². The molecule has 3 fully saturated rings. The van der Waals surface area contributed by atoms with Gasteiger partial charge in [0.25, 0.3) is 10.1 Å². The van der Waals surface area contributed by atoms with Crippen molar-refractivity contribution in [3.05, 3.63) is 0 Å². The summed E-state index contributed by atoms with van der Waals surface area (Å²) in [5.74, 6) is -0.303. The average molecular weight is 518 g/mol. The summed E-state index contributed by atoms with van der Waals surface area (Å²) in [5, 5.41) is 0.0282. The van der Waals surface area contributed by atoms with Crippen LogP contribution >= 0.6 is 0 Å². The Morgan fingerprint density at radius 2 is 1.82 bits per heavy atom. The van der Waals surface area contributed by atoms with Gasteiger partial charge in [-0.15, -0.1) is 0 Å². The Kier molecular flexibility index (Phi) is 8.36. The highest BCUT2D eigenvalue weighted by Gasteiger charge is 2.63. The van der Waals surface area contributed by atoms with Gasteiger partial charge < -0.3 is 9.16 Å². The molecule has 0 bridgehead atoms. The Labute approximate surface area is 208 Å². The summed E-state index contributed by atoms with van der Waals surface area (Å²) in [6.07, 6.45) is 5.34. The minimum Gasteiger partial charge on any atom is -0.466 e. The van der Waals surface area contributed by atoms with Gasteiger partial charge in [0.2, 0.25) is 0 Å². The van der Waals surface area contributed by atoms with Crippen molar-refractivity contribution >= 4 is 24.4 Å².